The Morgan fingerprint density at radius 1 is 0.889 bits per heavy atom. The van der Waals surface area contributed by atoms with Crippen LogP contribution in [0, 0.1) is 4.78 Å². The molecule has 0 heterocycles. The fourth-order valence-corrected chi connectivity index (χ4v) is 2.45. The first kappa shape index (κ1) is 35.1. The molecule has 0 bridgehead atoms. The number of hydrogen-bond donors (Lipinski definition) is 5. The minimum atomic E-state index is -5.00. The first-order valence-electron chi connectivity index (χ1n) is 10.7. The van der Waals surface area contributed by atoms with Gasteiger partial charge in [-0.15, -0.1) is 0 Å². The largest absolute Gasteiger partial charge is 0.471 e. The van der Waals surface area contributed by atoms with Gasteiger partial charge in [-0.2, -0.15) is 13.2 Å². The van der Waals surface area contributed by atoms with E-state index in [1.807, 2.05) is 0 Å². The third-order valence-corrected chi connectivity index (χ3v) is 4.14. The SMILES string of the molecule is COC(=O)[C@@H](C)NC(=O)[C@@H](C)NC(=O)[C@H](CCCCNC(=O)C(F)(F)F)NC(=O)OC(C)(C)C.N=S. The van der Waals surface area contributed by atoms with Crippen molar-refractivity contribution >= 4 is 42.2 Å². The quantitative estimate of drug-likeness (QED) is 0.190. The maximum absolute atomic E-state index is 12.7. The number of amides is 4. The van der Waals surface area contributed by atoms with Crippen molar-refractivity contribution in [2.45, 2.75) is 83.8 Å². The number of esters is 1. The molecule has 0 saturated carbocycles. The van der Waals surface area contributed by atoms with Gasteiger partial charge in [-0.3, -0.25) is 14.4 Å². The molecule has 0 aromatic heterocycles. The van der Waals surface area contributed by atoms with Crippen LogP contribution in [0.25, 0.3) is 0 Å². The first-order valence-corrected chi connectivity index (χ1v) is 11.1. The van der Waals surface area contributed by atoms with Crippen LogP contribution in [-0.4, -0.2) is 73.3 Å². The van der Waals surface area contributed by atoms with Gasteiger partial charge < -0.3 is 30.7 Å². The van der Waals surface area contributed by atoms with E-state index in [-0.39, 0.29) is 25.8 Å². The van der Waals surface area contributed by atoms with Gasteiger partial charge in [0.05, 0.1) is 7.11 Å². The van der Waals surface area contributed by atoms with Crippen molar-refractivity contribution in [2.24, 2.45) is 0 Å². The van der Waals surface area contributed by atoms with Crippen molar-refractivity contribution in [3.8, 4) is 0 Å². The molecule has 0 rings (SSSR count). The normalized spacial score (nSPS) is 13.5. The predicted octanol–water partition coefficient (Wildman–Crippen LogP) is 1.21. The van der Waals surface area contributed by atoms with Crippen LogP contribution in [0.15, 0.2) is 0 Å². The van der Waals surface area contributed by atoms with Crippen LogP contribution in [-0.2, 0) is 41.1 Å². The summed E-state index contributed by atoms with van der Waals surface area (Å²) in [6.07, 6.45) is -5.67. The summed E-state index contributed by atoms with van der Waals surface area (Å²) in [4.78, 5) is 59.2. The predicted molar refractivity (Wildman–Crippen MR) is 123 cm³/mol. The van der Waals surface area contributed by atoms with Crippen molar-refractivity contribution in [1.82, 2.24) is 21.3 Å². The van der Waals surface area contributed by atoms with Crippen LogP contribution in [0.2, 0.25) is 0 Å². The summed E-state index contributed by atoms with van der Waals surface area (Å²) < 4.78 is 51.6. The zero-order valence-corrected chi connectivity index (χ0v) is 21.8. The highest BCUT2D eigenvalue weighted by Gasteiger charge is 2.38. The Kier molecular flexibility index (Phi) is 16.2. The summed E-state index contributed by atoms with van der Waals surface area (Å²) in [5, 5.41) is 8.83. The molecule has 0 aliphatic carbocycles. The third kappa shape index (κ3) is 15.8. The average molecular weight is 546 g/mol. The van der Waals surface area contributed by atoms with Gasteiger partial charge in [0.25, 0.3) is 0 Å². The molecule has 0 aromatic rings. The van der Waals surface area contributed by atoms with E-state index in [0.717, 1.165) is 7.11 Å². The van der Waals surface area contributed by atoms with E-state index >= 15 is 0 Å². The highest BCUT2D eigenvalue weighted by molar-refractivity contribution is 7.45. The van der Waals surface area contributed by atoms with E-state index in [2.05, 4.69) is 33.1 Å². The van der Waals surface area contributed by atoms with Gasteiger partial charge in [-0.05, 0) is 53.9 Å². The molecule has 12 nitrogen and oxygen atoms in total. The van der Waals surface area contributed by atoms with Crippen LogP contribution < -0.4 is 21.3 Å². The number of hydrogen-bond acceptors (Lipinski definition) is 9. The number of alkyl halides is 3. The number of ether oxygens (including phenoxy) is 2. The highest BCUT2D eigenvalue weighted by atomic mass is 32.1. The number of methoxy groups -OCH3 is 1. The van der Waals surface area contributed by atoms with Crippen molar-refractivity contribution < 1.29 is 46.6 Å². The fourth-order valence-electron chi connectivity index (χ4n) is 2.45. The number of rotatable bonds is 11. The molecule has 0 aromatic carbocycles. The lowest BCUT2D eigenvalue weighted by Crippen LogP contribution is -2.54. The summed E-state index contributed by atoms with van der Waals surface area (Å²) in [6.45, 7) is 7.29. The second-order valence-electron chi connectivity index (χ2n) is 8.43. The second kappa shape index (κ2) is 16.6. The van der Waals surface area contributed by atoms with Crippen molar-refractivity contribution in [2.75, 3.05) is 13.7 Å². The van der Waals surface area contributed by atoms with E-state index in [1.165, 1.54) is 13.8 Å². The van der Waals surface area contributed by atoms with E-state index in [9.17, 15) is 37.1 Å². The van der Waals surface area contributed by atoms with E-state index in [4.69, 9.17) is 9.52 Å². The van der Waals surface area contributed by atoms with E-state index < -0.39 is 59.7 Å². The zero-order valence-electron chi connectivity index (χ0n) is 21.0. The molecule has 0 aliphatic heterocycles. The number of nitrogens with one attached hydrogen (secondary N) is 5. The molecule has 0 aliphatic rings. The average Bonchev–Trinajstić information content (AvgIpc) is 2.76. The number of alkyl carbamates (subject to hydrolysis) is 1. The number of halogens is 3. The Morgan fingerprint density at radius 2 is 1.42 bits per heavy atom. The third-order valence-electron chi connectivity index (χ3n) is 4.14. The van der Waals surface area contributed by atoms with Crippen molar-refractivity contribution in [3.05, 3.63) is 0 Å². The molecule has 0 unspecified atom stereocenters. The van der Waals surface area contributed by atoms with Crippen LogP contribution in [0.5, 0.6) is 0 Å². The molecule has 0 saturated heterocycles. The summed E-state index contributed by atoms with van der Waals surface area (Å²) in [5.74, 6) is -4.20. The van der Waals surface area contributed by atoms with Crippen LogP contribution in [0.1, 0.15) is 53.9 Å². The maximum atomic E-state index is 12.7. The maximum Gasteiger partial charge on any atom is 0.471 e. The van der Waals surface area contributed by atoms with Crippen molar-refractivity contribution in [3.63, 3.8) is 0 Å². The number of carbonyl (C=O) groups excluding carboxylic acids is 5. The molecular formula is C20H34F3N5O7S. The molecule has 16 heteroatoms. The minimum Gasteiger partial charge on any atom is -0.467 e. The van der Waals surface area contributed by atoms with Gasteiger partial charge >= 0.3 is 24.1 Å². The lowest BCUT2D eigenvalue weighted by atomic mass is 10.1. The fraction of sp³-hybridized carbons (Fsp3) is 0.750. The molecule has 3 atom stereocenters. The summed E-state index contributed by atoms with van der Waals surface area (Å²) in [5.41, 5.74) is -0.857. The molecule has 5 N–H and O–H groups in total. The number of carbonyl (C=O) groups is 5. The summed E-state index contributed by atoms with van der Waals surface area (Å²) in [6, 6.07) is -3.23. The molecule has 0 fully saturated rings. The zero-order chi connectivity index (χ0) is 28.7. The molecular weight excluding hydrogens is 511 g/mol. The Hall–Kier alpha value is -3.04. The monoisotopic (exact) mass is 545 g/mol. The molecule has 0 spiro atoms. The van der Waals surface area contributed by atoms with Gasteiger partial charge in [-0.1, -0.05) is 0 Å². The number of unbranched alkanes of at least 4 members (excludes halogenated alkanes) is 1. The van der Waals surface area contributed by atoms with Crippen LogP contribution in [0.4, 0.5) is 18.0 Å². The second-order valence-corrected chi connectivity index (χ2v) is 8.43. The smallest absolute Gasteiger partial charge is 0.467 e. The van der Waals surface area contributed by atoms with Crippen LogP contribution in [0.3, 0.4) is 0 Å². The minimum absolute atomic E-state index is 0.0140. The van der Waals surface area contributed by atoms with Gasteiger partial charge in [0.15, 0.2) is 0 Å². The van der Waals surface area contributed by atoms with Gasteiger partial charge in [0, 0.05) is 19.0 Å². The van der Waals surface area contributed by atoms with E-state index in [0.29, 0.717) is 0 Å². The van der Waals surface area contributed by atoms with Crippen LogP contribution >= 0.6 is 0 Å². The molecule has 36 heavy (non-hydrogen) atoms. The standard InChI is InChI=1S/C20H33F3N4O7.HNS/c1-11(14(28)26-12(2)16(30)33-6)25-15(29)13(27-18(32)34-19(3,4)5)9-7-8-10-24-17(31)20(21,22)23;1-2/h11-13H,7-10H2,1-6H3,(H,24,31)(H,25,29)(H,26,28)(H,27,32);1H/t11-,12-,13+;/m1./s1. The lowest BCUT2D eigenvalue weighted by molar-refractivity contribution is -0.173. The van der Waals surface area contributed by atoms with E-state index in [1.54, 1.807) is 26.1 Å². The Balaban J connectivity index is 0. The van der Waals surface area contributed by atoms with Crippen molar-refractivity contribution in [1.29, 1.82) is 4.78 Å². The van der Waals surface area contributed by atoms with Gasteiger partial charge in [0.1, 0.15) is 23.7 Å². The molecule has 208 valence electrons. The summed E-state index contributed by atoms with van der Waals surface area (Å²) in [7, 11) is 1.15. The summed E-state index contributed by atoms with van der Waals surface area (Å²) >= 11 is 3.33. The molecule has 4 amide bonds. The Morgan fingerprint density at radius 3 is 1.89 bits per heavy atom. The molecule has 0 radical (unpaired) electrons. The highest BCUT2D eigenvalue weighted by Crippen LogP contribution is 2.14. The topological polar surface area (TPSA) is 176 Å². The van der Waals surface area contributed by atoms with Gasteiger partial charge in [-0.25, -0.2) is 14.4 Å². The Bertz CT molecular complexity index is 763. The van der Waals surface area contributed by atoms with Gasteiger partial charge in [0.2, 0.25) is 11.8 Å². The Labute approximate surface area is 212 Å². The lowest BCUT2D eigenvalue weighted by Gasteiger charge is -2.24. The first-order chi connectivity index (χ1) is 16.5.